The van der Waals surface area contributed by atoms with Crippen LogP contribution in [0, 0.1) is 0 Å². The third kappa shape index (κ3) is 2.87. The lowest BCUT2D eigenvalue weighted by molar-refractivity contribution is 0.301. The molecular weight excluding hydrogens is 224 g/mol. The van der Waals surface area contributed by atoms with Crippen LogP contribution in [0.15, 0.2) is 48.7 Å². The molecule has 3 nitrogen and oxygen atoms in total. The SMILES string of the molecule is ClNc1ccc(OCc2ccccn2)cc1. The fourth-order valence-corrected chi connectivity index (χ4v) is 1.38. The van der Waals surface area contributed by atoms with E-state index >= 15 is 0 Å². The van der Waals surface area contributed by atoms with Crippen molar-refractivity contribution in [1.29, 1.82) is 0 Å². The van der Waals surface area contributed by atoms with Crippen molar-refractivity contribution in [3.05, 3.63) is 54.4 Å². The molecule has 16 heavy (non-hydrogen) atoms. The van der Waals surface area contributed by atoms with E-state index < -0.39 is 0 Å². The van der Waals surface area contributed by atoms with Gasteiger partial charge in [0.25, 0.3) is 0 Å². The van der Waals surface area contributed by atoms with Gasteiger partial charge in [-0.2, -0.15) is 0 Å². The molecule has 4 heteroatoms. The van der Waals surface area contributed by atoms with Gasteiger partial charge in [-0.1, -0.05) is 6.07 Å². The largest absolute Gasteiger partial charge is 0.487 e. The topological polar surface area (TPSA) is 34.1 Å². The van der Waals surface area contributed by atoms with E-state index in [1.165, 1.54) is 0 Å². The first-order valence-corrected chi connectivity index (χ1v) is 5.26. The normalized spacial score (nSPS) is 9.81. The molecule has 0 aliphatic carbocycles. The first-order valence-electron chi connectivity index (χ1n) is 4.88. The summed E-state index contributed by atoms with van der Waals surface area (Å²) < 4.78 is 5.56. The number of nitrogens with one attached hydrogen (secondary N) is 1. The Labute approximate surface area is 99.2 Å². The maximum absolute atomic E-state index is 5.56. The van der Waals surface area contributed by atoms with E-state index in [1.807, 2.05) is 42.5 Å². The van der Waals surface area contributed by atoms with Gasteiger partial charge in [-0.3, -0.25) is 9.82 Å². The molecule has 0 amide bonds. The summed E-state index contributed by atoms with van der Waals surface area (Å²) >= 11 is 5.45. The number of pyridine rings is 1. The van der Waals surface area contributed by atoms with Gasteiger partial charge in [0.15, 0.2) is 0 Å². The minimum absolute atomic E-state index is 0.467. The zero-order valence-electron chi connectivity index (χ0n) is 8.56. The quantitative estimate of drug-likeness (QED) is 0.825. The lowest BCUT2D eigenvalue weighted by atomic mass is 10.3. The van der Waals surface area contributed by atoms with Crippen LogP contribution in [0.1, 0.15) is 5.69 Å². The molecular formula is C12H11ClN2O. The first kappa shape index (κ1) is 10.8. The summed E-state index contributed by atoms with van der Waals surface area (Å²) in [5, 5.41) is 0. The second-order valence-corrected chi connectivity index (χ2v) is 3.42. The van der Waals surface area contributed by atoms with Crippen LogP contribution >= 0.6 is 11.8 Å². The van der Waals surface area contributed by atoms with Crippen molar-refractivity contribution in [2.75, 3.05) is 4.84 Å². The molecule has 0 aliphatic rings. The first-order chi connectivity index (χ1) is 7.88. The highest BCUT2D eigenvalue weighted by molar-refractivity contribution is 6.23. The zero-order valence-corrected chi connectivity index (χ0v) is 9.32. The predicted molar refractivity (Wildman–Crippen MR) is 64.5 cm³/mol. The summed E-state index contributed by atoms with van der Waals surface area (Å²) in [4.78, 5) is 6.70. The zero-order chi connectivity index (χ0) is 11.2. The van der Waals surface area contributed by atoms with Crippen LogP contribution in [0.3, 0.4) is 0 Å². The smallest absolute Gasteiger partial charge is 0.130 e. The lowest BCUT2D eigenvalue weighted by Gasteiger charge is -2.05. The van der Waals surface area contributed by atoms with Crippen LogP contribution in [0.5, 0.6) is 5.75 Å². The Morgan fingerprint density at radius 2 is 1.94 bits per heavy atom. The molecule has 1 heterocycles. The fourth-order valence-electron chi connectivity index (χ4n) is 1.25. The van der Waals surface area contributed by atoms with Gasteiger partial charge in [0.2, 0.25) is 0 Å². The number of halogens is 1. The third-order valence-corrected chi connectivity index (χ3v) is 2.29. The Bertz CT molecular complexity index is 431. The summed E-state index contributed by atoms with van der Waals surface area (Å²) in [5.74, 6) is 0.793. The van der Waals surface area contributed by atoms with Crippen molar-refractivity contribution >= 4 is 17.5 Å². The van der Waals surface area contributed by atoms with E-state index in [1.54, 1.807) is 6.20 Å². The van der Waals surface area contributed by atoms with Crippen LogP contribution in [-0.2, 0) is 6.61 Å². The van der Waals surface area contributed by atoms with E-state index in [0.717, 1.165) is 17.1 Å². The lowest BCUT2D eigenvalue weighted by Crippen LogP contribution is -1.97. The van der Waals surface area contributed by atoms with E-state index in [0.29, 0.717) is 6.61 Å². The number of hydrogen-bond acceptors (Lipinski definition) is 3. The molecule has 0 fully saturated rings. The minimum atomic E-state index is 0.467. The van der Waals surface area contributed by atoms with Crippen molar-refractivity contribution in [3.63, 3.8) is 0 Å². The maximum atomic E-state index is 5.56. The molecule has 0 atom stereocenters. The standard InChI is InChI=1S/C12H11ClN2O/c13-15-10-4-6-12(7-5-10)16-9-11-3-1-2-8-14-11/h1-8,15H,9H2. The Hall–Kier alpha value is -1.74. The summed E-state index contributed by atoms with van der Waals surface area (Å²) in [7, 11) is 0. The van der Waals surface area contributed by atoms with E-state index in [-0.39, 0.29) is 0 Å². The highest BCUT2D eigenvalue weighted by Gasteiger charge is 1.96. The maximum Gasteiger partial charge on any atom is 0.130 e. The molecule has 0 bridgehead atoms. The number of hydrogen-bond donors (Lipinski definition) is 1. The summed E-state index contributed by atoms with van der Waals surface area (Å²) in [6, 6.07) is 13.1. The van der Waals surface area contributed by atoms with Gasteiger partial charge in [0.05, 0.1) is 5.69 Å². The highest BCUT2D eigenvalue weighted by Crippen LogP contribution is 2.16. The molecule has 82 valence electrons. The van der Waals surface area contributed by atoms with Gasteiger partial charge in [-0.25, -0.2) is 0 Å². The van der Waals surface area contributed by atoms with Crippen LogP contribution in [0.2, 0.25) is 0 Å². The molecule has 1 N–H and O–H groups in total. The van der Waals surface area contributed by atoms with E-state index in [2.05, 4.69) is 9.82 Å². The van der Waals surface area contributed by atoms with E-state index in [4.69, 9.17) is 16.5 Å². The average molecular weight is 235 g/mol. The number of rotatable bonds is 4. The molecule has 1 aromatic heterocycles. The Morgan fingerprint density at radius 1 is 1.12 bits per heavy atom. The van der Waals surface area contributed by atoms with Gasteiger partial charge in [0.1, 0.15) is 12.4 Å². The Morgan fingerprint density at radius 3 is 2.56 bits per heavy atom. The summed E-state index contributed by atoms with van der Waals surface area (Å²) in [6.07, 6.45) is 1.75. The minimum Gasteiger partial charge on any atom is -0.487 e. The van der Waals surface area contributed by atoms with Gasteiger partial charge in [-0.05, 0) is 36.4 Å². The Kier molecular flexibility index (Phi) is 3.62. The summed E-state index contributed by atoms with van der Waals surface area (Å²) in [5.41, 5.74) is 1.74. The molecule has 2 aromatic rings. The van der Waals surface area contributed by atoms with Crippen molar-refractivity contribution in [2.24, 2.45) is 0 Å². The van der Waals surface area contributed by atoms with Crippen LogP contribution in [0.25, 0.3) is 0 Å². The van der Waals surface area contributed by atoms with Gasteiger partial charge in [-0.15, -0.1) is 0 Å². The third-order valence-electron chi connectivity index (χ3n) is 2.08. The second kappa shape index (κ2) is 5.37. The van der Waals surface area contributed by atoms with Gasteiger partial charge >= 0.3 is 0 Å². The van der Waals surface area contributed by atoms with Crippen molar-refractivity contribution in [3.8, 4) is 5.75 Å². The number of nitrogens with zero attached hydrogens (tertiary/aromatic N) is 1. The molecule has 0 aliphatic heterocycles. The van der Waals surface area contributed by atoms with E-state index in [9.17, 15) is 0 Å². The van der Waals surface area contributed by atoms with Gasteiger partial charge in [0, 0.05) is 23.7 Å². The second-order valence-electron chi connectivity index (χ2n) is 3.23. The van der Waals surface area contributed by atoms with Crippen LogP contribution in [-0.4, -0.2) is 4.98 Å². The number of ether oxygens (including phenoxy) is 1. The summed E-state index contributed by atoms with van der Waals surface area (Å²) in [6.45, 7) is 0.467. The molecule has 0 spiro atoms. The average Bonchev–Trinajstić information content (AvgIpc) is 2.38. The Balaban J connectivity index is 1.94. The molecule has 0 saturated heterocycles. The molecule has 0 unspecified atom stereocenters. The van der Waals surface area contributed by atoms with Crippen LogP contribution < -0.4 is 9.57 Å². The van der Waals surface area contributed by atoms with Crippen LogP contribution in [0.4, 0.5) is 5.69 Å². The highest BCUT2D eigenvalue weighted by atomic mass is 35.5. The predicted octanol–water partition coefficient (Wildman–Crippen LogP) is 3.23. The fraction of sp³-hybridized carbons (Fsp3) is 0.0833. The molecule has 0 radical (unpaired) electrons. The van der Waals surface area contributed by atoms with Gasteiger partial charge < -0.3 is 4.74 Å². The molecule has 0 saturated carbocycles. The number of anilines is 1. The van der Waals surface area contributed by atoms with Crippen molar-refractivity contribution in [2.45, 2.75) is 6.61 Å². The molecule has 1 aromatic carbocycles. The van der Waals surface area contributed by atoms with Crippen molar-refractivity contribution < 1.29 is 4.74 Å². The number of aromatic nitrogens is 1. The number of benzene rings is 1. The molecule has 2 rings (SSSR count). The monoisotopic (exact) mass is 234 g/mol. The van der Waals surface area contributed by atoms with Crippen molar-refractivity contribution in [1.82, 2.24) is 4.98 Å².